The number of rotatable bonds is 8. The normalized spacial score (nSPS) is 14.2. The predicted octanol–water partition coefficient (Wildman–Crippen LogP) is 6.29. The van der Waals surface area contributed by atoms with Crippen LogP contribution in [0.2, 0.25) is 0 Å². The second-order valence-corrected chi connectivity index (χ2v) is 10.6. The van der Waals surface area contributed by atoms with Crippen LogP contribution in [0.5, 0.6) is 0 Å². The molecule has 5 nitrogen and oxygen atoms in total. The van der Waals surface area contributed by atoms with Crippen LogP contribution < -0.4 is 5.32 Å². The van der Waals surface area contributed by atoms with Gasteiger partial charge in [0.05, 0.1) is 17.4 Å². The lowest BCUT2D eigenvalue weighted by atomic mass is 9.95. The number of aryl methyl sites for hydroxylation is 2. The van der Waals surface area contributed by atoms with Crippen LogP contribution in [0.4, 0.5) is 5.00 Å². The van der Waals surface area contributed by atoms with Crippen LogP contribution in [0.25, 0.3) is 10.9 Å². The van der Waals surface area contributed by atoms with Crippen LogP contribution in [0.3, 0.4) is 0 Å². The molecule has 0 unspecified atom stereocenters. The second kappa shape index (κ2) is 10.1. The number of aromatic nitrogens is 1. The van der Waals surface area contributed by atoms with E-state index in [4.69, 9.17) is 4.74 Å². The van der Waals surface area contributed by atoms with Crippen LogP contribution in [-0.2, 0) is 28.9 Å². The summed E-state index contributed by atoms with van der Waals surface area (Å²) in [7, 11) is 0. The Bertz CT molecular complexity index is 1130. The van der Waals surface area contributed by atoms with Gasteiger partial charge in [-0.05, 0) is 57.6 Å². The van der Waals surface area contributed by atoms with Gasteiger partial charge in [-0.1, -0.05) is 25.1 Å². The molecule has 7 heteroatoms. The quantitative estimate of drug-likeness (QED) is 0.311. The van der Waals surface area contributed by atoms with Crippen LogP contribution >= 0.6 is 23.1 Å². The van der Waals surface area contributed by atoms with Crippen molar-refractivity contribution in [3.63, 3.8) is 0 Å². The molecular formula is C25H30N2O3S2. The summed E-state index contributed by atoms with van der Waals surface area (Å²) in [5.41, 5.74) is 2.83. The third kappa shape index (κ3) is 4.59. The van der Waals surface area contributed by atoms with Gasteiger partial charge in [0.15, 0.2) is 0 Å². The minimum absolute atomic E-state index is 0.0912. The molecule has 0 bridgehead atoms. The largest absolute Gasteiger partial charge is 0.462 e. The van der Waals surface area contributed by atoms with Crippen molar-refractivity contribution in [2.45, 2.75) is 69.6 Å². The van der Waals surface area contributed by atoms with Crippen molar-refractivity contribution >= 4 is 50.9 Å². The molecule has 2 heterocycles. The van der Waals surface area contributed by atoms with E-state index in [1.807, 2.05) is 19.9 Å². The molecule has 0 fully saturated rings. The van der Waals surface area contributed by atoms with Gasteiger partial charge >= 0.3 is 5.97 Å². The highest BCUT2D eigenvalue weighted by atomic mass is 32.2. The van der Waals surface area contributed by atoms with Crippen molar-refractivity contribution in [2.75, 3.05) is 11.9 Å². The topological polar surface area (TPSA) is 60.3 Å². The molecule has 1 N–H and O–H groups in total. The molecule has 1 aliphatic carbocycles. The third-order valence-corrected chi connectivity index (χ3v) is 8.13. The molecule has 1 atom stereocenters. The first-order chi connectivity index (χ1) is 15.5. The summed E-state index contributed by atoms with van der Waals surface area (Å²) >= 11 is 3.10. The summed E-state index contributed by atoms with van der Waals surface area (Å²) in [6, 6.07) is 8.33. The maximum Gasteiger partial charge on any atom is 0.341 e. The summed E-state index contributed by atoms with van der Waals surface area (Å²) in [6.07, 6.45) is 7.23. The summed E-state index contributed by atoms with van der Waals surface area (Å²) in [5.74, 6) is -0.420. The van der Waals surface area contributed by atoms with E-state index in [0.717, 1.165) is 49.1 Å². The Morgan fingerprint density at radius 1 is 1.22 bits per heavy atom. The number of esters is 1. The van der Waals surface area contributed by atoms with Crippen molar-refractivity contribution in [3.05, 3.63) is 46.5 Å². The van der Waals surface area contributed by atoms with E-state index in [1.165, 1.54) is 27.1 Å². The van der Waals surface area contributed by atoms with Gasteiger partial charge in [0.25, 0.3) is 0 Å². The fourth-order valence-electron chi connectivity index (χ4n) is 4.26. The molecule has 0 saturated carbocycles. The summed E-state index contributed by atoms with van der Waals surface area (Å²) in [6.45, 7) is 7.17. The molecule has 2 aromatic heterocycles. The number of hydrogen-bond donors (Lipinski definition) is 1. The fraction of sp³-hybridized carbons (Fsp3) is 0.440. The van der Waals surface area contributed by atoms with Crippen molar-refractivity contribution in [3.8, 4) is 0 Å². The molecule has 170 valence electrons. The maximum absolute atomic E-state index is 13.1. The number of carbonyl (C=O) groups is 2. The number of nitrogens with zero attached hydrogens (tertiary/aromatic N) is 1. The monoisotopic (exact) mass is 470 g/mol. The molecule has 1 amide bonds. The van der Waals surface area contributed by atoms with Crippen LogP contribution in [0.15, 0.2) is 35.4 Å². The molecule has 1 aliphatic rings. The van der Waals surface area contributed by atoms with Gasteiger partial charge in [-0.2, -0.15) is 0 Å². The molecule has 0 aliphatic heterocycles. The lowest BCUT2D eigenvalue weighted by Gasteiger charge is -2.13. The second-order valence-electron chi connectivity index (χ2n) is 8.09. The highest BCUT2D eigenvalue weighted by Gasteiger charge is 2.28. The first-order valence-electron chi connectivity index (χ1n) is 11.4. The third-order valence-electron chi connectivity index (χ3n) is 5.78. The maximum atomic E-state index is 13.1. The molecule has 4 rings (SSSR count). The van der Waals surface area contributed by atoms with Gasteiger partial charge in [0.2, 0.25) is 5.91 Å². The lowest BCUT2D eigenvalue weighted by molar-refractivity contribution is -0.115. The summed E-state index contributed by atoms with van der Waals surface area (Å²) in [4.78, 5) is 28.1. The number of nitrogens with one attached hydrogen (secondary N) is 1. The van der Waals surface area contributed by atoms with Gasteiger partial charge in [0, 0.05) is 33.4 Å². The minimum Gasteiger partial charge on any atom is -0.462 e. The lowest BCUT2D eigenvalue weighted by Crippen LogP contribution is -2.23. The van der Waals surface area contributed by atoms with Gasteiger partial charge in [-0.25, -0.2) is 4.79 Å². The number of hydrogen-bond acceptors (Lipinski definition) is 5. The zero-order chi connectivity index (χ0) is 22.7. The van der Waals surface area contributed by atoms with E-state index in [1.54, 1.807) is 11.8 Å². The number of anilines is 1. The molecule has 0 spiro atoms. The zero-order valence-corrected chi connectivity index (χ0v) is 20.5. The smallest absolute Gasteiger partial charge is 0.341 e. The highest BCUT2D eigenvalue weighted by Crippen LogP contribution is 2.39. The van der Waals surface area contributed by atoms with Gasteiger partial charge < -0.3 is 14.6 Å². The summed E-state index contributed by atoms with van der Waals surface area (Å²) in [5, 5.41) is 4.57. The van der Waals surface area contributed by atoms with E-state index in [0.29, 0.717) is 17.2 Å². The Labute approximate surface area is 197 Å². The van der Waals surface area contributed by atoms with Gasteiger partial charge in [0.1, 0.15) is 5.00 Å². The van der Waals surface area contributed by atoms with Gasteiger partial charge in [-0.3, -0.25) is 4.79 Å². The van der Waals surface area contributed by atoms with Crippen molar-refractivity contribution in [1.82, 2.24) is 4.57 Å². The summed E-state index contributed by atoms with van der Waals surface area (Å²) < 4.78 is 7.57. The zero-order valence-electron chi connectivity index (χ0n) is 18.9. The Morgan fingerprint density at radius 3 is 2.78 bits per heavy atom. The Balaban J connectivity index is 1.56. The van der Waals surface area contributed by atoms with E-state index in [-0.39, 0.29) is 17.1 Å². The predicted molar refractivity (Wildman–Crippen MR) is 133 cm³/mol. The number of ether oxygens (including phenoxy) is 1. The standard InChI is InChI=1S/C25H30N2O3S2/c1-4-14-27-15-21(17-10-6-8-12-19(17)27)31-16(3)23(28)26-24-22(25(29)30-5-2)18-11-7-9-13-20(18)32-24/h6,8,10,12,15-16H,4-5,7,9,11,13-14H2,1-3H3,(H,26,28)/t16-/m1/s1. The Morgan fingerprint density at radius 2 is 2.00 bits per heavy atom. The fourth-order valence-corrected chi connectivity index (χ4v) is 6.58. The SMILES string of the molecule is CCCn1cc(S[C@H](C)C(=O)Nc2sc3c(c2C(=O)OCC)CCCC3)c2ccccc21. The number of para-hydroxylation sites is 1. The number of fused-ring (bicyclic) bond motifs is 2. The molecule has 3 aromatic rings. The van der Waals surface area contributed by atoms with Crippen LogP contribution in [0, 0.1) is 0 Å². The van der Waals surface area contributed by atoms with Gasteiger partial charge in [-0.15, -0.1) is 23.1 Å². The Hall–Kier alpha value is -2.25. The molecular weight excluding hydrogens is 440 g/mol. The van der Waals surface area contributed by atoms with E-state index in [9.17, 15) is 9.59 Å². The Kier molecular flexibility index (Phi) is 7.26. The number of thioether (sulfide) groups is 1. The molecule has 1 aromatic carbocycles. The van der Waals surface area contributed by atoms with Crippen molar-refractivity contribution < 1.29 is 14.3 Å². The first kappa shape index (κ1) is 22.9. The highest BCUT2D eigenvalue weighted by molar-refractivity contribution is 8.00. The number of thiophene rings is 1. The van der Waals surface area contributed by atoms with E-state index < -0.39 is 0 Å². The van der Waals surface area contributed by atoms with Crippen molar-refractivity contribution in [2.24, 2.45) is 0 Å². The average molecular weight is 471 g/mol. The number of amides is 1. The first-order valence-corrected chi connectivity index (χ1v) is 13.1. The van der Waals surface area contributed by atoms with E-state index in [2.05, 4.69) is 41.2 Å². The number of carbonyl (C=O) groups excluding carboxylic acids is 2. The van der Waals surface area contributed by atoms with E-state index >= 15 is 0 Å². The van der Waals surface area contributed by atoms with Crippen molar-refractivity contribution in [1.29, 1.82) is 0 Å². The van der Waals surface area contributed by atoms with Crippen LogP contribution in [0.1, 0.15) is 60.8 Å². The molecule has 0 saturated heterocycles. The van der Waals surface area contributed by atoms with Crippen LogP contribution in [-0.4, -0.2) is 28.3 Å². The minimum atomic E-state index is -0.329. The molecule has 0 radical (unpaired) electrons. The molecule has 32 heavy (non-hydrogen) atoms. The number of benzene rings is 1. The average Bonchev–Trinajstić information content (AvgIpc) is 3.32.